The zero-order chi connectivity index (χ0) is 15.0. The molecule has 0 fully saturated rings. The first-order chi connectivity index (χ1) is 9.43. The van der Waals surface area contributed by atoms with Crippen molar-refractivity contribution in [2.24, 2.45) is 0 Å². The van der Waals surface area contributed by atoms with Crippen LogP contribution in [0.2, 0.25) is 0 Å². The Hall–Kier alpha value is -2.08. The Balaban J connectivity index is 2.32. The maximum Gasteiger partial charge on any atom is 0.319 e. The molecule has 0 unspecified atom stereocenters. The van der Waals surface area contributed by atoms with Gasteiger partial charge in [0, 0.05) is 17.8 Å². The summed E-state index contributed by atoms with van der Waals surface area (Å²) >= 11 is 0. The highest BCUT2D eigenvalue weighted by molar-refractivity contribution is 5.92. The lowest BCUT2D eigenvalue weighted by Gasteiger charge is -2.25. The molecule has 0 aliphatic heterocycles. The molecule has 20 heavy (non-hydrogen) atoms. The second-order valence-corrected chi connectivity index (χ2v) is 5.08. The van der Waals surface area contributed by atoms with Gasteiger partial charge in [-0.25, -0.2) is 4.79 Å². The summed E-state index contributed by atoms with van der Waals surface area (Å²) in [5.74, 6) is -0.299. The van der Waals surface area contributed by atoms with E-state index in [1.54, 1.807) is 24.3 Å². The number of benzene rings is 1. The largest absolute Gasteiger partial charge is 0.396 e. The number of carbonyl (C=O) groups is 2. The van der Waals surface area contributed by atoms with Crippen LogP contribution in [0.15, 0.2) is 30.3 Å². The molecule has 110 valence electrons. The first-order valence-electron chi connectivity index (χ1n) is 6.45. The molecule has 0 heterocycles. The molecule has 0 atom stereocenters. The van der Waals surface area contributed by atoms with Gasteiger partial charge >= 0.3 is 6.03 Å². The van der Waals surface area contributed by atoms with E-state index in [-0.39, 0.29) is 19.1 Å². The summed E-state index contributed by atoms with van der Waals surface area (Å²) in [6.07, 6.45) is 0.453. The van der Waals surface area contributed by atoms with Crippen LogP contribution in [0.3, 0.4) is 0 Å². The van der Waals surface area contributed by atoms with Crippen LogP contribution in [0.25, 0.3) is 0 Å². The van der Waals surface area contributed by atoms with Crippen molar-refractivity contribution in [3.63, 3.8) is 0 Å². The van der Waals surface area contributed by atoms with E-state index in [2.05, 4.69) is 16.0 Å². The zero-order valence-electron chi connectivity index (χ0n) is 11.8. The van der Waals surface area contributed by atoms with E-state index in [0.29, 0.717) is 12.1 Å². The molecule has 0 spiro atoms. The van der Waals surface area contributed by atoms with Gasteiger partial charge in [0.2, 0.25) is 5.91 Å². The Labute approximate surface area is 118 Å². The molecular weight excluding hydrogens is 258 g/mol. The zero-order valence-corrected chi connectivity index (χ0v) is 11.8. The van der Waals surface area contributed by atoms with Crippen LogP contribution >= 0.6 is 0 Å². The Morgan fingerprint density at radius 1 is 1.20 bits per heavy atom. The second kappa shape index (κ2) is 7.49. The standard InChI is InChI=1S/C14H21N3O3/c1-14(2,8-9-18)17-12(19)10-15-13(20)16-11-6-4-3-5-7-11/h3-7,18H,8-10H2,1-2H3,(H,17,19)(H2,15,16,20). The fraction of sp³-hybridized carbons (Fsp3) is 0.429. The number of hydrogen-bond acceptors (Lipinski definition) is 3. The van der Waals surface area contributed by atoms with Crippen LogP contribution in [0, 0.1) is 0 Å². The van der Waals surface area contributed by atoms with E-state index >= 15 is 0 Å². The third-order valence-corrected chi connectivity index (χ3v) is 2.66. The molecule has 0 saturated heterocycles. The Kier molecular flexibility index (Phi) is 5.99. The van der Waals surface area contributed by atoms with E-state index < -0.39 is 11.6 Å². The normalized spacial score (nSPS) is 10.8. The first-order valence-corrected chi connectivity index (χ1v) is 6.45. The van der Waals surface area contributed by atoms with Gasteiger partial charge < -0.3 is 21.1 Å². The summed E-state index contributed by atoms with van der Waals surface area (Å²) in [4.78, 5) is 23.2. The molecule has 1 rings (SSSR count). The number of anilines is 1. The number of hydrogen-bond donors (Lipinski definition) is 4. The number of aliphatic hydroxyl groups excluding tert-OH is 1. The van der Waals surface area contributed by atoms with Crippen LogP contribution in [0.5, 0.6) is 0 Å². The van der Waals surface area contributed by atoms with Crippen molar-refractivity contribution in [2.45, 2.75) is 25.8 Å². The minimum atomic E-state index is -0.497. The van der Waals surface area contributed by atoms with E-state index in [1.807, 2.05) is 19.9 Å². The molecule has 0 aliphatic carbocycles. The number of para-hydroxylation sites is 1. The fourth-order valence-corrected chi connectivity index (χ4v) is 1.62. The topological polar surface area (TPSA) is 90.5 Å². The molecule has 6 nitrogen and oxygen atoms in total. The van der Waals surface area contributed by atoms with Crippen LogP contribution in [-0.4, -0.2) is 35.7 Å². The van der Waals surface area contributed by atoms with Gasteiger partial charge in [0.15, 0.2) is 0 Å². The monoisotopic (exact) mass is 279 g/mol. The van der Waals surface area contributed by atoms with Gasteiger partial charge in [-0.15, -0.1) is 0 Å². The maximum atomic E-state index is 11.7. The summed E-state index contributed by atoms with van der Waals surface area (Å²) in [6, 6.07) is 8.53. The molecule has 0 radical (unpaired) electrons. The van der Waals surface area contributed by atoms with Gasteiger partial charge in [0.1, 0.15) is 0 Å². The van der Waals surface area contributed by atoms with Crippen molar-refractivity contribution in [3.8, 4) is 0 Å². The minimum absolute atomic E-state index is 0.00476. The summed E-state index contributed by atoms with van der Waals surface area (Å²) in [7, 11) is 0. The van der Waals surface area contributed by atoms with E-state index in [9.17, 15) is 9.59 Å². The predicted molar refractivity (Wildman–Crippen MR) is 77.4 cm³/mol. The van der Waals surface area contributed by atoms with Crippen LogP contribution in [0.1, 0.15) is 20.3 Å². The number of aliphatic hydroxyl groups is 1. The van der Waals surface area contributed by atoms with Gasteiger partial charge in [0.25, 0.3) is 0 Å². The van der Waals surface area contributed by atoms with Crippen molar-refractivity contribution < 1.29 is 14.7 Å². The Morgan fingerprint density at radius 3 is 2.45 bits per heavy atom. The van der Waals surface area contributed by atoms with Gasteiger partial charge in [-0.05, 0) is 32.4 Å². The van der Waals surface area contributed by atoms with E-state index in [1.165, 1.54) is 0 Å². The lowest BCUT2D eigenvalue weighted by molar-refractivity contribution is -0.121. The number of amides is 3. The van der Waals surface area contributed by atoms with E-state index in [0.717, 1.165) is 0 Å². The lowest BCUT2D eigenvalue weighted by atomic mass is 10.0. The summed E-state index contributed by atoms with van der Waals surface area (Å²) in [6.45, 7) is 3.50. The number of rotatable bonds is 6. The molecule has 0 aromatic heterocycles. The highest BCUT2D eigenvalue weighted by Crippen LogP contribution is 2.06. The Morgan fingerprint density at radius 2 is 1.85 bits per heavy atom. The maximum absolute atomic E-state index is 11.7. The smallest absolute Gasteiger partial charge is 0.319 e. The van der Waals surface area contributed by atoms with E-state index in [4.69, 9.17) is 5.11 Å². The third-order valence-electron chi connectivity index (χ3n) is 2.66. The SMILES string of the molecule is CC(C)(CCO)NC(=O)CNC(=O)Nc1ccccc1. The predicted octanol–water partition coefficient (Wildman–Crippen LogP) is 1.09. The lowest BCUT2D eigenvalue weighted by Crippen LogP contribution is -2.48. The number of urea groups is 1. The molecule has 0 aliphatic rings. The first kappa shape index (κ1) is 16.0. The highest BCUT2D eigenvalue weighted by Gasteiger charge is 2.19. The van der Waals surface area contributed by atoms with Crippen molar-refractivity contribution in [1.29, 1.82) is 0 Å². The molecule has 0 bridgehead atoms. The van der Waals surface area contributed by atoms with Crippen molar-refractivity contribution >= 4 is 17.6 Å². The summed E-state index contributed by atoms with van der Waals surface area (Å²) < 4.78 is 0. The van der Waals surface area contributed by atoms with Crippen molar-refractivity contribution in [2.75, 3.05) is 18.5 Å². The number of nitrogens with one attached hydrogen (secondary N) is 3. The second-order valence-electron chi connectivity index (χ2n) is 5.08. The average Bonchev–Trinajstić information content (AvgIpc) is 2.37. The summed E-state index contributed by atoms with van der Waals surface area (Å²) in [5, 5.41) is 16.7. The molecule has 1 aromatic rings. The highest BCUT2D eigenvalue weighted by atomic mass is 16.3. The molecule has 4 N–H and O–H groups in total. The molecule has 3 amide bonds. The summed E-state index contributed by atoms with van der Waals surface area (Å²) in [5.41, 5.74) is 0.162. The van der Waals surface area contributed by atoms with Crippen LogP contribution in [0.4, 0.5) is 10.5 Å². The van der Waals surface area contributed by atoms with Gasteiger partial charge in [-0.1, -0.05) is 18.2 Å². The van der Waals surface area contributed by atoms with Gasteiger partial charge in [0.05, 0.1) is 6.54 Å². The van der Waals surface area contributed by atoms with Crippen LogP contribution < -0.4 is 16.0 Å². The molecular formula is C14H21N3O3. The van der Waals surface area contributed by atoms with Crippen molar-refractivity contribution in [1.82, 2.24) is 10.6 Å². The fourth-order valence-electron chi connectivity index (χ4n) is 1.62. The van der Waals surface area contributed by atoms with Crippen molar-refractivity contribution in [3.05, 3.63) is 30.3 Å². The molecule has 6 heteroatoms. The van der Waals surface area contributed by atoms with Gasteiger partial charge in [-0.2, -0.15) is 0 Å². The average molecular weight is 279 g/mol. The quantitative estimate of drug-likeness (QED) is 0.628. The molecule has 0 saturated carbocycles. The molecule has 1 aromatic carbocycles. The number of carbonyl (C=O) groups excluding carboxylic acids is 2. The third kappa shape index (κ3) is 6.19. The Bertz CT molecular complexity index is 446. The van der Waals surface area contributed by atoms with Gasteiger partial charge in [-0.3, -0.25) is 4.79 Å². The van der Waals surface area contributed by atoms with Crippen LogP contribution in [-0.2, 0) is 4.79 Å². The minimum Gasteiger partial charge on any atom is -0.396 e.